The molecule has 0 aliphatic heterocycles. The number of hydrogen-bond donors (Lipinski definition) is 1. The van der Waals surface area contributed by atoms with Crippen LogP contribution in [0.15, 0.2) is 6.07 Å². The Hall–Kier alpha value is -1.60. The second kappa shape index (κ2) is 6.71. The van der Waals surface area contributed by atoms with Crippen LogP contribution >= 0.6 is 0 Å². The highest BCUT2D eigenvalue weighted by Crippen LogP contribution is 2.22. The molecule has 0 radical (unpaired) electrons. The first kappa shape index (κ1) is 14.8. The first-order valence-corrected chi connectivity index (χ1v) is 7.44. The smallest absolute Gasteiger partial charge is 0.144 e. The maximum Gasteiger partial charge on any atom is 0.144 e. The summed E-state index contributed by atoms with van der Waals surface area (Å²) in [4.78, 5) is 6.87. The van der Waals surface area contributed by atoms with Crippen LogP contribution < -0.4 is 5.32 Å². The van der Waals surface area contributed by atoms with Gasteiger partial charge in [0, 0.05) is 24.8 Å². The lowest BCUT2D eigenvalue weighted by Crippen LogP contribution is -2.33. The number of nitrogens with one attached hydrogen (secondary N) is 1. The van der Waals surface area contributed by atoms with Gasteiger partial charge in [0.1, 0.15) is 11.9 Å². The van der Waals surface area contributed by atoms with E-state index in [0.29, 0.717) is 5.56 Å². The zero-order valence-corrected chi connectivity index (χ0v) is 12.7. The van der Waals surface area contributed by atoms with Crippen molar-refractivity contribution in [2.24, 2.45) is 0 Å². The van der Waals surface area contributed by atoms with E-state index in [4.69, 9.17) is 0 Å². The molecule has 0 unspecified atom stereocenters. The lowest BCUT2D eigenvalue weighted by Gasteiger charge is -2.24. The summed E-state index contributed by atoms with van der Waals surface area (Å²) in [7, 11) is 2.19. The van der Waals surface area contributed by atoms with Gasteiger partial charge in [0.05, 0.1) is 5.56 Å². The van der Waals surface area contributed by atoms with E-state index in [9.17, 15) is 5.26 Å². The van der Waals surface area contributed by atoms with Crippen LogP contribution in [0.2, 0.25) is 0 Å². The Labute approximate surface area is 121 Å². The molecule has 1 saturated carbocycles. The molecular weight excluding hydrogens is 248 g/mol. The summed E-state index contributed by atoms with van der Waals surface area (Å²) in [5, 5.41) is 12.6. The Kier molecular flexibility index (Phi) is 4.97. The highest BCUT2D eigenvalue weighted by Gasteiger charge is 2.19. The normalized spacial score (nSPS) is 15.6. The van der Waals surface area contributed by atoms with Crippen LogP contribution in [0.3, 0.4) is 0 Å². The molecule has 1 heterocycles. The molecule has 1 aliphatic rings. The number of aromatic nitrogens is 1. The van der Waals surface area contributed by atoms with Gasteiger partial charge in [-0.25, -0.2) is 4.98 Å². The highest BCUT2D eigenvalue weighted by molar-refractivity contribution is 5.56. The Morgan fingerprint density at radius 3 is 2.75 bits per heavy atom. The van der Waals surface area contributed by atoms with Crippen LogP contribution in [0.25, 0.3) is 0 Å². The summed E-state index contributed by atoms with van der Waals surface area (Å²) in [6, 6.07) is 4.93. The van der Waals surface area contributed by atoms with Crippen molar-refractivity contribution in [2.45, 2.75) is 45.6 Å². The third-order valence-corrected chi connectivity index (χ3v) is 4.16. The number of pyridine rings is 1. The molecule has 4 heteroatoms. The van der Waals surface area contributed by atoms with Gasteiger partial charge >= 0.3 is 0 Å². The summed E-state index contributed by atoms with van der Waals surface area (Å²) in [5.74, 6) is 0.727. The summed E-state index contributed by atoms with van der Waals surface area (Å²) in [6.07, 6.45) is 5.36. The van der Waals surface area contributed by atoms with Gasteiger partial charge in [-0.1, -0.05) is 12.8 Å². The molecule has 0 amide bonds. The molecule has 4 nitrogen and oxygen atoms in total. The summed E-state index contributed by atoms with van der Waals surface area (Å²) in [5.41, 5.74) is 2.61. The zero-order chi connectivity index (χ0) is 14.5. The van der Waals surface area contributed by atoms with Crippen molar-refractivity contribution in [1.29, 1.82) is 5.26 Å². The lowest BCUT2D eigenvalue weighted by atomic mass is 10.1. The molecule has 1 aliphatic carbocycles. The number of nitriles is 1. The first-order chi connectivity index (χ1) is 9.61. The second-order valence-electron chi connectivity index (χ2n) is 5.76. The molecule has 0 aromatic carbocycles. The number of hydrogen-bond acceptors (Lipinski definition) is 4. The Balaban J connectivity index is 1.92. The number of aryl methyl sites for hydroxylation is 2. The minimum Gasteiger partial charge on any atom is -0.368 e. The van der Waals surface area contributed by atoms with Crippen LogP contribution in [0.4, 0.5) is 5.82 Å². The molecule has 1 aromatic heterocycles. The van der Waals surface area contributed by atoms with E-state index in [-0.39, 0.29) is 0 Å². The second-order valence-corrected chi connectivity index (χ2v) is 5.76. The number of anilines is 1. The predicted octanol–water partition coefficient (Wildman–Crippen LogP) is 2.86. The van der Waals surface area contributed by atoms with Gasteiger partial charge in [-0.05, 0) is 45.4 Å². The Bertz CT molecular complexity index is 498. The summed E-state index contributed by atoms with van der Waals surface area (Å²) < 4.78 is 0. The van der Waals surface area contributed by atoms with Crippen LogP contribution in [0, 0.1) is 25.2 Å². The standard InChI is InChI=1S/C16H24N4/c1-12-10-13(2)19-16(15(12)11-17)18-8-9-20(3)14-6-4-5-7-14/h10,14H,4-9H2,1-3H3,(H,18,19). The fraction of sp³-hybridized carbons (Fsp3) is 0.625. The maximum absolute atomic E-state index is 9.23. The topological polar surface area (TPSA) is 52.0 Å². The highest BCUT2D eigenvalue weighted by atomic mass is 15.1. The van der Waals surface area contributed by atoms with Crippen molar-refractivity contribution in [1.82, 2.24) is 9.88 Å². The Morgan fingerprint density at radius 2 is 2.10 bits per heavy atom. The van der Waals surface area contributed by atoms with Crippen molar-refractivity contribution in [3.63, 3.8) is 0 Å². The van der Waals surface area contributed by atoms with Gasteiger partial charge in [0.25, 0.3) is 0 Å². The summed E-state index contributed by atoms with van der Waals surface area (Å²) >= 11 is 0. The maximum atomic E-state index is 9.23. The molecule has 1 fully saturated rings. The quantitative estimate of drug-likeness (QED) is 0.895. The first-order valence-electron chi connectivity index (χ1n) is 7.44. The van der Waals surface area contributed by atoms with E-state index in [1.54, 1.807) is 0 Å². The number of likely N-dealkylation sites (N-methyl/N-ethyl adjacent to an activating group) is 1. The van der Waals surface area contributed by atoms with Crippen molar-refractivity contribution in [3.8, 4) is 6.07 Å². The van der Waals surface area contributed by atoms with Gasteiger partial charge < -0.3 is 10.2 Å². The average molecular weight is 272 g/mol. The predicted molar refractivity (Wildman–Crippen MR) is 81.8 cm³/mol. The van der Waals surface area contributed by atoms with Crippen LogP contribution in [0.1, 0.15) is 42.5 Å². The molecule has 108 valence electrons. The van der Waals surface area contributed by atoms with Crippen LogP contribution in [-0.4, -0.2) is 36.1 Å². The third-order valence-electron chi connectivity index (χ3n) is 4.16. The molecule has 1 N–H and O–H groups in total. The van der Waals surface area contributed by atoms with E-state index in [1.165, 1.54) is 25.7 Å². The lowest BCUT2D eigenvalue weighted by molar-refractivity contribution is 0.254. The van der Waals surface area contributed by atoms with Crippen molar-refractivity contribution in [3.05, 3.63) is 22.9 Å². The third kappa shape index (κ3) is 3.49. The minimum atomic E-state index is 0.666. The molecule has 1 aromatic rings. The van der Waals surface area contributed by atoms with E-state index in [1.807, 2.05) is 19.9 Å². The van der Waals surface area contributed by atoms with Gasteiger partial charge in [-0.15, -0.1) is 0 Å². The molecular formula is C16H24N4. The minimum absolute atomic E-state index is 0.666. The fourth-order valence-corrected chi connectivity index (χ4v) is 2.98. The van der Waals surface area contributed by atoms with Crippen LogP contribution in [0.5, 0.6) is 0 Å². The summed E-state index contributed by atoms with van der Waals surface area (Å²) in [6.45, 7) is 5.74. The molecule has 20 heavy (non-hydrogen) atoms. The van der Waals surface area contributed by atoms with Crippen molar-refractivity contribution in [2.75, 3.05) is 25.5 Å². The van der Waals surface area contributed by atoms with Gasteiger partial charge in [-0.3, -0.25) is 0 Å². The number of rotatable bonds is 5. The van der Waals surface area contributed by atoms with Crippen molar-refractivity contribution >= 4 is 5.82 Å². The van der Waals surface area contributed by atoms with Crippen molar-refractivity contribution < 1.29 is 0 Å². The van der Waals surface area contributed by atoms with Gasteiger partial charge in [0.15, 0.2) is 0 Å². The fourth-order valence-electron chi connectivity index (χ4n) is 2.98. The molecule has 0 spiro atoms. The van der Waals surface area contributed by atoms with E-state index >= 15 is 0 Å². The van der Waals surface area contributed by atoms with Crippen LogP contribution in [-0.2, 0) is 0 Å². The zero-order valence-electron chi connectivity index (χ0n) is 12.7. The number of nitrogens with zero attached hydrogens (tertiary/aromatic N) is 3. The molecule has 0 atom stereocenters. The largest absolute Gasteiger partial charge is 0.368 e. The van der Waals surface area contributed by atoms with E-state index < -0.39 is 0 Å². The molecule has 0 bridgehead atoms. The molecule has 2 rings (SSSR count). The van der Waals surface area contributed by atoms with Gasteiger partial charge in [0.2, 0.25) is 0 Å². The average Bonchev–Trinajstić information content (AvgIpc) is 2.92. The Morgan fingerprint density at radius 1 is 1.40 bits per heavy atom. The van der Waals surface area contributed by atoms with E-state index in [2.05, 4.69) is 28.3 Å². The SMILES string of the molecule is Cc1cc(C)c(C#N)c(NCCN(C)C2CCCC2)n1. The van der Waals surface area contributed by atoms with Gasteiger partial charge in [-0.2, -0.15) is 5.26 Å². The molecule has 0 saturated heterocycles. The van der Waals surface area contributed by atoms with E-state index in [0.717, 1.165) is 36.2 Å². The monoisotopic (exact) mass is 272 g/mol.